The lowest BCUT2D eigenvalue weighted by molar-refractivity contribution is -0.138. The van der Waals surface area contributed by atoms with Crippen molar-refractivity contribution in [1.29, 1.82) is 0 Å². The van der Waals surface area contributed by atoms with Gasteiger partial charge in [0.1, 0.15) is 6.04 Å². The number of rotatable bonds is 5. The second-order valence-corrected chi connectivity index (χ2v) is 3.35. The minimum absolute atomic E-state index is 0.116. The number of carboxylic acids is 1. The van der Waals surface area contributed by atoms with Crippen LogP contribution in [0.15, 0.2) is 0 Å². The van der Waals surface area contributed by atoms with Gasteiger partial charge in [-0.25, -0.2) is 0 Å². The topological polar surface area (TPSA) is 90.5 Å². The number of hydrogen-bond acceptors (Lipinski definition) is 3. The summed E-state index contributed by atoms with van der Waals surface area (Å²) in [6, 6.07) is -0.731. The number of carbonyl (C=O) groups is 2. The van der Waals surface area contributed by atoms with Crippen molar-refractivity contribution in [3.05, 3.63) is 0 Å². The van der Waals surface area contributed by atoms with Gasteiger partial charge in [-0.05, 0) is 19.1 Å². The van der Waals surface area contributed by atoms with Crippen LogP contribution in [0.5, 0.6) is 0 Å². The van der Waals surface area contributed by atoms with Gasteiger partial charge < -0.3 is 21.1 Å². The lowest BCUT2D eigenvalue weighted by atomic mass is 10.3. The summed E-state index contributed by atoms with van der Waals surface area (Å²) in [4.78, 5) is 20.9. The van der Waals surface area contributed by atoms with Crippen LogP contribution in [-0.2, 0) is 9.59 Å². The Morgan fingerprint density at radius 2 is 1.87 bits per heavy atom. The Balaban J connectivity index is 3.58. The smallest absolute Gasteiger partial charge is 0.325 e. The third-order valence-corrected chi connectivity index (χ3v) is 1.76. The molecule has 0 saturated heterocycles. The molecule has 0 aliphatic heterocycles. The molecule has 0 aliphatic rings. The quantitative estimate of drug-likeness (QED) is 0.362. The average Bonchev–Trinajstić information content (AvgIpc) is 2.12. The van der Waals surface area contributed by atoms with E-state index in [0.29, 0.717) is 13.1 Å². The fourth-order valence-corrected chi connectivity index (χ4v) is 1.00. The maximum Gasteiger partial charge on any atom is 0.325 e. The predicted octanol–water partition coefficient (Wildman–Crippen LogP) is -0.940. The highest BCUT2D eigenvalue weighted by atomic mass is 32.1. The molecule has 0 aliphatic carbocycles. The molecule has 4 N–H and O–H groups in total. The molecule has 0 aromatic carbocycles. The Morgan fingerprint density at radius 3 is 2.33 bits per heavy atom. The molecule has 6 nitrogen and oxygen atoms in total. The SMILES string of the molecule is CC(=O)NCCNC(=S)NC(C)C(=O)O. The predicted molar refractivity (Wildman–Crippen MR) is 59.5 cm³/mol. The van der Waals surface area contributed by atoms with E-state index in [-0.39, 0.29) is 11.0 Å². The average molecular weight is 233 g/mol. The minimum atomic E-state index is -0.971. The molecule has 0 bridgehead atoms. The van der Waals surface area contributed by atoms with Crippen molar-refractivity contribution in [2.24, 2.45) is 0 Å². The van der Waals surface area contributed by atoms with E-state index < -0.39 is 12.0 Å². The first-order chi connectivity index (χ1) is 6.93. The van der Waals surface area contributed by atoms with Crippen molar-refractivity contribution in [2.75, 3.05) is 13.1 Å². The van der Waals surface area contributed by atoms with E-state index in [2.05, 4.69) is 16.0 Å². The Bertz CT molecular complexity index is 258. The number of aliphatic carboxylic acids is 1. The van der Waals surface area contributed by atoms with Crippen LogP contribution < -0.4 is 16.0 Å². The summed E-state index contributed by atoms with van der Waals surface area (Å²) in [6.07, 6.45) is 0. The van der Waals surface area contributed by atoms with Crippen molar-refractivity contribution in [3.63, 3.8) is 0 Å². The van der Waals surface area contributed by atoms with E-state index in [9.17, 15) is 9.59 Å². The molecule has 1 amide bonds. The van der Waals surface area contributed by atoms with E-state index in [1.165, 1.54) is 13.8 Å². The lowest BCUT2D eigenvalue weighted by Gasteiger charge is -2.13. The molecule has 0 rings (SSSR count). The number of amides is 1. The standard InChI is InChI=1S/C8H15N3O3S/c1-5(7(13)14)11-8(15)10-4-3-9-6(2)12/h5H,3-4H2,1-2H3,(H,9,12)(H,13,14)(H2,10,11,15). The maximum absolute atomic E-state index is 10.5. The second kappa shape index (κ2) is 6.99. The highest BCUT2D eigenvalue weighted by Gasteiger charge is 2.10. The van der Waals surface area contributed by atoms with Gasteiger partial charge in [0.05, 0.1) is 0 Å². The molecule has 0 radical (unpaired) electrons. The molecule has 1 atom stereocenters. The minimum Gasteiger partial charge on any atom is -0.480 e. The molecular weight excluding hydrogens is 218 g/mol. The fourth-order valence-electron chi connectivity index (χ4n) is 0.724. The molecule has 1 unspecified atom stereocenters. The second-order valence-electron chi connectivity index (χ2n) is 2.94. The van der Waals surface area contributed by atoms with Crippen molar-refractivity contribution in [1.82, 2.24) is 16.0 Å². The maximum atomic E-state index is 10.5. The Labute approximate surface area is 93.4 Å². The number of hydrogen-bond donors (Lipinski definition) is 4. The first-order valence-electron chi connectivity index (χ1n) is 4.45. The number of carbonyl (C=O) groups excluding carboxylic acids is 1. The van der Waals surface area contributed by atoms with Crippen molar-refractivity contribution >= 4 is 29.2 Å². The molecule has 0 saturated carbocycles. The van der Waals surface area contributed by atoms with E-state index >= 15 is 0 Å². The summed E-state index contributed by atoms with van der Waals surface area (Å²) in [5.41, 5.74) is 0. The summed E-state index contributed by atoms with van der Waals surface area (Å²) >= 11 is 4.83. The van der Waals surface area contributed by atoms with Crippen LogP contribution in [0.4, 0.5) is 0 Å². The van der Waals surface area contributed by atoms with Crippen LogP contribution in [0, 0.1) is 0 Å². The molecule has 0 aromatic rings. The van der Waals surface area contributed by atoms with Crippen molar-refractivity contribution in [3.8, 4) is 0 Å². The summed E-state index contributed by atoms with van der Waals surface area (Å²) in [5.74, 6) is -1.09. The van der Waals surface area contributed by atoms with Gasteiger partial charge in [-0.15, -0.1) is 0 Å². The van der Waals surface area contributed by atoms with Crippen molar-refractivity contribution < 1.29 is 14.7 Å². The van der Waals surface area contributed by atoms with Gasteiger partial charge in [-0.2, -0.15) is 0 Å². The number of thiocarbonyl (C=S) groups is 1. The van der Waals surface area contributed by atoms with E-state index in [0.717, 1.165) is 0 Å². The van der Waals surface area contributed by atoms with Crippen LogP contribution in [-0.4, -0.2) is 41.2 Å². The highest BCUT2D eigenvalue weighted by molar-refractivity contribution is 7.80. The van der Waals surface area contributed by atoms with Crippen LogP contribution in [0.1, 0.15) is 13.8 Å². The Kier molecular flexibility index (Phi) is 6.35. The Hall–Kier alpha value is -1.37. The zero-order valence-electron chi connectivity index (χ0n) is 8.66. The fraction of sp³-hybridized carbons (Fsp3) is 0.625. The van der Waals surface area contributed by atoms with E-state index in [1.807, 2.05) is 0 Å². The van der Waals surface area contributed by atoms with Crippen LogP contribution >= 0.6 is 12.2 Å². The molecule has 0 heterocycles. The van der Waals surface area contributed by atoms with Gasteiger partial charge >= 0.3 is 5.97 Å². The van der Waals surface area contributed by atoms with Gasteiger partial charge in [0.15, 0.2) is 5.11 Å². The van der Waals surface area contributed by atoms with Gasteiger partial charge in [0, 0.05) is 20.0 Å². The first kappa shape index (κ1) is 13.6. The summed E-state index contributed by atoms with van der Waals surface area (Å²) in [7, 11) is 0. The van der Waals surface area contributed by atoms with Crippen molar-refractivity contribution in [2.45, 2.75) is 19.9 Å². The molecule has 7 heteroatoms. The first-order valence-corrected chi connectivity index (χ1v) is 4.86. The van der Waals surface area contributed by atoms with Gasteiger partial charge in [-0.3, -0.25) is 9.59 Å². The molecule has 0 fully saturated rings. The van der Waals surface area contributed by atoms with Crippen LogP contribution in [0.2, 0.25) is 0 Å². The van der Waals surface area contributed by atoms with Gasteiger partial charge in [0.2, 0.25) is 5.91 Å². The zero-order valence-corrected chi connectivity index (χ0v) is 9.48. The normalized spacial score (nSPS) is 11.3. The lowest BCUT2D eigenvalue weighted by Crippen LogP contribution is -2.45. The largest absolute Gasteiger partial charge is 0.480 e. The molecule has 86 valence electrons. The summed E-state index contributed by atoms with van der Waals surface area (Å²) < 4.78 is 0. The third-order valence-electron chi connectivity index (χ3n) is 1.50. The summed E-state index contributed by atoms with van der Waals surface area (Å²) in [5, 5.41) is 16.7. The summed E-state index contributed by atoms with van der Waals surface area (Å²) in [6.45, 7) is 3.81. The molecule has 0 aromatic heterocycles. The highest BCUT2D eigenvalue weighted by Crippen LogP contribution is 1.80. The third kappa shape index (κ3) is 7.68. The molecule has 0 spiro atoms. The van der Waals surface area contributed by atoms with Crippen LogP contribution in [0.3, 0.4) is 0 Å². The number of carboxylic acid groups (broad SMARTS) is 1. The zero-order chi connectivity index (χ0) is 11.8. The van der Waals surface area contributed by atoms with Gasteiger partial charge in [-0.1, -0.05) is 0 Å². The monoisotopic (exact) mass is 233 g/mol. The number of nitrogens with one attached hydrogen (secondary N) is 3. The van der Waals surface area contributed by atoms with E-state index in [4.69, 9.17) is 17.3 Å². The van der Waals surface area contributed by atoms with Crippen LogP contribution in [0.25, 0.3) is 0 Å². The molecule has 15 heavy (non-hydrogen) atoms. The Morgan fingerprint density at radius 1 is 1.33 bits per heavy atom. The molecular formula is C8H15N3O3S. The van der Waals surface area contributed by atoms with Gasteiger partial charge in [0.25, 0.3) is 0 Å². The van der Waals surface area contributed by atoms with E-state index in [1.54, 1.807) is 0 Å².